The predicted molar refractivity (Wildman–Crippen MR) is 150 cm³/mol. The van der Waals surface area contributed by atoms with Gasteiger partial charge < -0.3 is 14.3 Å². The van der Waals surface area contributed by atoms with Crippen LogP contribution in [0.15, 0.2) is 90.1 Å². The van der Waals surface area contributed by atoms with E-state index in [2.05, 4.69) is 25.5 Å². The van der Waals surface area contributed by atoms with Crippen molar-refractivity contribution in [1.29, 1.82) is 0 Å². The van der Waals surface area contributed by atoms with Crippen molar-refractivity contribution < 1.29 is 13.9 Å². The fraction of sp³-hybridized carbons (Fsp3) is 0.103. The summed E-state index contributed by atoms with van der Waals surface area (Å²) in [6.07, 6.45) is 2.88. The minimum Gasteiger partial charge on any atom is -0.465 e. The summed E-state index contributed by atoms with van der Waals surface area (Å²) in [5.74, 6) is -0.714. The van der Waals surface area contributed by atoms with Crippen LogP contribution < -0.4 is 5.56 Å². The van der Waals surface area contributed by atoms with Gasteiger partial charge in [-0.15, -0.1) is 5.10 Å². The molecule has 0 spiro atoms. The lowest BCUT2D eigenvalue weighted by Crippen LogP contribution is -2.28. The first-order chi connectivity index (χ1) is 19.9. The van der Waals surface area contributed by atoms with E-state index in [0.29, 0.717) is 45.1 Å². The SMILES string of the molecule is COC(=O)c1ccc2[nH]c(C(Cc3ccccc3)n3cc(F)c(-c4cc(Cl)ccc4-n4cnnn4)cc3=O)nc2c1. The maximum atomic E-state index is 15.9. The Hall–Kier alpha value is -5.16. The smallest absolute Gasteiger partial charge is 0.337 e. The van der Waals surface area contributed by atoms with Crippen LogP contribution in [0.2, 0.25) is 5.02 Å². The van der Waals surface area contributed by atoms with Crippen LogP contribution >= 0.6 is 11.6 Å². The lowest BCUT2D eigenvalue weighted by atomic mass is 10.0. The Morgan fingerprint density at radius 2 is 1.90 bits per heavy atom. The number of methoxy groups -OCH3 is 1. The third kappa shape index (κ3) is 5.10. The molecule has 0 amide bonds. The molecule has 0 aliphatic heterocycles. The number of aromatic nitrogens is 7. The number of halogens is 2. The minimum atomic E-state index is -0.694. The second kappa shape index (κ2) is 10.8. The Bertz CT molecular complexity index is 1940. The van der Waals surface area contributed by atoms with Crippen molar-refractivity contribution in [1.82, 2.24) is 34.7 Å². The molecule has 3 aromatic heterocycles. The highest BCUT2D eigenvalue weighted by Gasteiger charge is 2.23. The summed E-state index contributed by atoms with van der Waals surface area (Å²) in [6, 6.07) is 19.8. The van der Waals surface area contributed by atoms with Gasteiger partial charge in [-0.05, 0) is 52.4 Å². The number of esters is 1. The molecule has 1 unspecified atom stereocenters. The number of aromatic amines is 1. The molecule has 0 saturated carbocycles. The van der Waals surface area contributed by atoms with Crippen molar-refractivity contribution in [2.45, 2.75) is 12.5 Å². The number of carbonyl (C=O) groups excluding carboxylic acids is 1. The molecule has 0 fully saturated rings. The zero-order valence-electron chi connectivity index (χ0n) is 21.5. The molecule has 1 atom stereocenters. The largest absolute Gasteiger partial charge is 0.465 e. The maximum absolute atomic E-state index is 15.9. The number of ether oxygens (including phenoxy) is 1. The normalized spacial score (nSPS) is 12.0. The van der Waals surface area contributed by atoms with Crippen LogP contribution in [0.1, 0.15) is 27.8 Å². The Kier molecular flexibility index (Phi) is 6.86. The van der Waals surface area contributed by atoms with Crippen molar-refractivity contribution in [3.63, 3.8) is 0 Å². The summed E-state index contributed by atoms with van der Waals surface area (Å²) < 4.78 is 23.4. The molecule has 204 valence electrons. The van der Waals surface area contributed by atoms with Crippen molar-refractivity contribution in [2.75, 3.05) is 7.11 Å². The first-order valence-electron chi connectivity index (χ1n) is 12.5. The number of nitrogens with zero attached hydrogens (tertiary/aromatic N) is 6. The lowest BCUT2D eigenvalue weighted by molar-refractivity contribution is 0.0601. The van der Waals surface area contributed by atoms with Gasteiger partial charge >= 0.3 is 5.97 Å². The predicted octanol–water partition coefficient (Wildman–Crippen LogP) is 4.78. The molecular formula is C29H21ClFN7O3. The van der Waals surface area contributed by atoms with E-state index in [1.807, 2.05) is 30.3 Å². The van der Waals surface area contributed by atoms with Gasteiger partial charge in [-0.3, -0.25) is 4.79 Å². The monoisotopic (exact) mass is 569 g/mol. The number of rotatable bonds is 7. The van der Waals surface area contributed by atoms with Crippen molar-refractivity contribution in [3.8, 4) is 16.8 Å². The summed E-state index contributed by atoms with van der Waals surface area (Å²) in [6.45, 7) is 0. The van der Waals surface area contributed by atoms with Gasteiger partial charge in [0.25, 0.3) is 5.56 Å². The highest BCUT2D eigenvalue weighted by molar-refractivity contribution is 6.31. The molecule has 6 rings (SSSR count). The van der Waals surface area contributed by atoms with Crippen molar-refractivity contribution >= 4 is 28.6 Å². The number of benzene rings is 3. The van der Waals surface area contributed by atoms with E-state index < -0.39 is 23.4 Å². The van der Waals surface area contributed by atoms with E-state index in [4.69, 9.17) is 16.3 Å². The van der Waals surface area contributed by atoms with Crippen LogP contribution in [0.3, 0.4) is 0 Å². The summed E-state index contributed by atoms with van der Waals surface area (Å²) in [5.41, 5.74) is 2.81. The summed E-state index contributed by atoms with van der Waals surface area (Å²) in [5, 5.41) is 11.5. The summed E-state index contributed by atoms with van der Waals surface area (Å²) >= 11 is 6.24. The van der Waals surface area contributed by atoms with Gasteiger partial charge in [-0.1, -0.05) is 41.9 Å². The molecule has 0 aliphatic carbocycles. The van der Waals surface area contributed by atoms with Crippen LogP contribution in [-0.2, 0) is 11.2 Å². The quantitative estimate of drug-likeness (QED) is 0.275. The molecule has 10 nitrogen and oxygen atoms in total. The summed E-state index contributed by atoms with van der Waals surface area (Å²) in [4.78, 5) is 33.6. The lowest BCUT2D eigenvalue weighted by Gasteiger charge is -2.19. The fourth-order valence-electron chi connectivity index (χ4n) is 4.76. The number of hydrogen-bond acceptors (Lipinski definition) is 7. The van der Waals surface area contributed by atoms with E-state index >= 15 is 4.39 Å². The van der Waals surface area contributed by atoms with E-state index in [9.17, 15) is 9.59 Å². The van der Waals surface area contributed by atoms with Gasteiger partial charge in [0.15, 0.2) is 0 Å². The van der Waals surface area contributed by atoms with Crippen LogP contribution in [-0.4, -0.2) is 47.8 Å². The Balaban J connectivity index is 1.48. The van der Waals surface area contributed by atoms with E-state index in [-0.39, 0.29) is 5.56 Å². The molecule has 0 radical (unpaired) electrons. The summed E-state index contributed by atoms with van der Waals surface area (Å²) in [7, 11) is 1.30. The average molecular weight is 570 g/mol. The van der Waals surface area contributed by atoms with Gasteiger partial charge in [-0.2, -0.15) is 4.68 Å². The molecule has 0 saturated heterocycles. The standard InChI is InChI=1S/C29H21ClFN7O3/c1-41-29(40)18-7-9-23-24(12-18)34-28(33-23)26(11-17-5-3-2-4-6-17)37-15-22(31)20(14-27(37)39)21-13-19(30)8-10-25(21)38-16-32-35-36-38/h2-10,12-16,26H,11H2,1H3,(H,33,34). The first kappa shape index (κ1) is 26.1. The zero-order chi connectivity index (χ0) is 28.5. The second-order valence-corrected chi connectivity index (χ2v) is 9.68. The number of carbonyl (C=O) groups is 1. The third-order valence-electron chi connectivity index (χ3n) is 6.72. The highest BCUT2D eigenvalue weighted by atomic mass is 35.5. The number of nitrogens with one attached hydrogen (secondary N) is 1. The molecule has 3 aromatic carbocycles. The van der Waals surface area contributed by atoms with Gasteiger partial charge in [0.05, 0.1) is 35.4 Å². The van der Waals surface area contributed by atoms with Crippen LogP contribution in [0.5, 0.6) is 0 Å². The van der Waals surface area contributed by atoms with Crippen molar-refractivity contribution in [2.24, 2.45) is 0 Å². The third-order valence-corrected chi connectivity index (χ3v) is 6.96. The van der Waals surface area contributed by atoms with Crippen molar-refractivity contribution in [3.05, 3.63) is 123 Å². The van der Waals surface area contributed by atoms with Crippen LogP contribution in [0.25, 0.3) is 27.8 Å². The van der Waals surface area contributed by atoms with Crippen LogP contribution in [0, 0.1) is 5.82 Å². The number of fused-ring (bicyclic) bond motifs is 1. The number of pyridine rings is 1. The van der Waals surface area contributed by atoms with Gasteiger partial charge in [0.2, 0.25) is 0 Å². The number of hydrogen-bond donors (Lipinski definition) is 1. The topological polar surface area (TPSA) is 121 Å². The molecule has 6 aromatic rings. The number of H-pyrrole nitrogens is 1. The average Bonchev–Trinajstić information content (AvgIpc) is 3.67. The minimum absolute atomic E-state index is 0.0463. The van der Waals surface area contributed by atoms with Crippen LogP contribution in [0.4, 0.5) is 4.39 Å². The Morgan fingerprint density at radius 3 is 2.66 bits per heavy atom. The second-order valence-electron chi connectivity index (χ2n) is 9.25. The highest BCUT2D eigenvalue weighted by Crippen LogP contribution is 2.31. The molecule has 0 aliphatic rings. The Labute approximate surface area is 237 Å². The van der Waals surface area contributed by atoms with Gasteiger partial charge in [-0.25, -0.2) is 14.2 Å². The van der Waals surface area contributed by atoms with E-state index in [0.717, 1.165) is 5.56 Å². The first-order valence-corrected chi connectivity index (χ1v) is 12.9. The Morgan fingerprint density at radius 1 is 1.07 bits per heavy atom. The molecule has 41 heavy (non-hydrogen) atoms. The van der Waals surface area contributed by atoms with E-state index in [1.165, 1.54) is 34.9 Å². The maximum Gasteiger partial charge on any atom is 0.337 e. The molecule has 1 N–H and O–H groups in total. The fourth-order valence-corrected chi connectivity index (χ4v) is 4.93. The molecule has 3 heterocycles. The number of tetrazole rings is 1. The van der Waals surface area contributed by atoms with Gasteiger partial charge in [0.1, 0.15) is 18.0 Å². The molecule has 12 heteroatoms. The van der Waals surface area contributed by atoms with Gasteiger partial charge in [0, 0.05) is 34.8 Å². The van der Waals surface area contributed by atoms with E-state index in [1.54, 1.807) is 36.4 Å². The molecule has 0 bridgehead atoms. The molecular weight excluding hydrogens is 549 g/mol. The number of imidazole rings is 1. The zero-order valence-corrected chi connectivity index (χ0v) is 22.3.